The van der Waals surface area contributed by atoms with Crippen molar-refractivity contribution in [3.8, 4) is 0 Å². The molecule has 0 amide bonds. The average molecular weight is 170 g/mol. The highest BCUT2D eigenvalue weighted by Gasteiger charge is 2.07. The summed E-state index contributed by atoms with van der Waals surface area (Å²) in [6.07, 6.45) is 2.08. The van der Waals surface area contributed by atoms with Gasteiger partial charge in [0.2, 0.25) is 0 Å². The van der Waals surface area contributed by atoms with Gasteiger partial charge in [-0.05, 0) is 6.92 Å². The molecular formula is C7H14N4O. The lowest BCUT2D eigenvalue weighted by Crippen LogP contribution is -2.28. The molecule has 1 atom stereocenters. The molecule has 0 aromatic carbocycles. The maximum Gasteiger partial charge on any atom is 0.138 e. The van der Waals surface area contributed by atoms with E-state index < -0.39 is 0 Å². The molecule has 1 rings (SSSR count). The van der Waals surface area contributed by atoms with Gasteiger partial charge in [0.1, 0.15) is 12.2 Å². The lowest BCUT2D eigenvalue weighted by molar-refractivity contribution is 0.263. The summed E-state index contributed by atoms with van der Waals surface area (Å²) in [6.45, 7) is 2.76. The summed E-state index contributed by atoms with van der Waals surface area (Å²) in [4.78, 5) is 4.04. The van der Waals surface area contributed by atoms with E-state index in [1.165, 1.54) is 6.33 Å². The summed E-state index contributed by atoms with van der Waals surface area (Å²) < 4.78 is 1.77. The van der Waals surface area contributed by atoms with Crippen LogP contribution in [0.2, 0.25) is 0 Å². The van der Waals surface area contributed by atoms with Crippen molar-refractivity contribution >= 4 is 0 Å². The fourth-order valence-corrected chi connectivity index (χ4v) is 1.01. The van der Waals surface area contributed by atoms with E-state index in [4.69, 9.17) is 10.8 Å². The molecule has 0 saturated heterocycles. The minimum atomic E-state index is -0.237. The van der Waals surface area contributed by atoms with E-state index in [2.05, 4.69) is 10.1 Å². The molecule has 0 aliphatic heterocycles. The molecule has 1 aromatic rings. The van der Waals surface area contributed by atoms with Crippen molar-refractivity contribution < 1.29 is 5.11 Å². The molecule has 1 heterocycles. The van der Waals surface area contributed by atoms with Crippen LogP contribution in [0.15, 0.2) is 6.33 Å². The van der Waals surface area contributed by atoms with Gasteiger partial charge in [-0.25, -0.2) is 4.98 Å². The number of nitrogens with zero attached hydrogens (tertiary/aromatic N) is 3. The van der Waals surface area contributed by atoms with Gasteiger partial charge in [-0.15, -0.1) is 0 Å². The maximum absolute atomic E-state index is 8.71. The lowest BCUT2D eigenvalue weighted by Gasteiger charge is -2.07. The van der Waals surface area contributed by atoms with Gasteiger partial charge in [-0.3, -0.25) is 4.68 Å². The molecule has 0 fully saturated rings. The summed E-state index contributed by atoms with van der Waals surface area (Å²) in [5, 5.41) is 12.7. The van der Waals surface area contributed by atoms with Crippen molar-refractivity contribution in [2.75, 3.05) is 6.61 Å². The molecule has 5 heteroatoms. The zero-order valence-electron chi connectivity index (χ0n) is 7.14. The Morgan fingerprint density at radius 2 is 2.50 bits per heavy atom. The van der Waals surface area contributed by atoms with Gasteiger partial charge in [0.15, 0.2) is 0 Å². The molecule has 0 aliphatic carbocycles. The van der Waals surface area contributed by atoms with Crippen molar-refractivity contribution in [1.29, 1.82) is 0 Å². The number of aliphatic hydroxyl groups excluding tert-OH is 1. The molecule has 0 aliphatic rings. The Bertz CT molecular complexity index is 235. The summed E-state index contributed by atoms with van der Waals surface area (Å²) in [7, 11) is 0. The summed E-state index contributed by atoms with van der Waals surface area (Å²) >= 11 is 0. The molecular weight excluding hydrogens is 156 g/mol. The Kier molecular flexibility index (Phi) is 3.19. The molecule has 12 heavy (non-hydrogen) atoms. The van der Waals surface area contributed by atoms with E-state index in [-0.39, 0.29) is 12.6 Å². The molecule has 3 N–H and O–H groups in total. The highest BCUT2D eigenvalue weighted by Crippen LogP contribution is 1.97. The fourth-order valence-electron chi connectivity index (χ4n) is 1.01. The van der Waals surface area contributed by atoms with Gasteiger partial charge >= 0.3 is 0 Å². The molecule has 0 radical (unpaired) electrons. The Labute approximate surface area is 71.2 Å². The van der Waals surface area contributed by atoms with E-state index in [1.54, 1.807) is 4.68 Å². The second-order valence-electron chi connectivity index (χ2n) is 2.64. The van der Waals surface area contributed by atoms with Crippen molar-refractivity contribution in [2.24, 2.45) is 5.73 Å². The van der Waals surface area contributed by atoms with Crippen LogP contribution in [-0.2, 0) is 13.0 Å². The second kappa shape index (κ2) is 4.18. The molecule has 1 aromatic heterocycles. The van der Waals surface area contributed by atoms with E-state index in [9.17, 15) is 0 Å². The fraction of sp³-hybridized carbons (Fsp3) is 0.714. The molecule has 1 unspecified atom stereocenters. The minimum absolute atomic E-state index is 0.0173. The lowest BCUT2D eigenvalue weighted by atomic mass is 10.2. The quantitative estimate of drug-likeness (QED) is 0.617. The molecule has 0 saturated carbocycles. The van der Waals surface area contributed by atoms with Gasteiger partial charge in [0.25, 0.3) is 0 Å². The van der Waals surface area contributed by atoms with Crippen LogP contribution in [0.5, 0.6) is 0 Å². The number of nitrogens with two attached hydrogens (primary N) is 1. The second-order valence-corrected chi connectivity index (χ2v) is 2.64. The van der Waals surface area contributed by atoms with Crippen LogP contribution >= 0.6 is 0 Å². The largest absolute Gasteiger partial charge is 0.395 e. The van der Waals surface area contributed by atoms with Crippen molar-refractivity contribution in [3.63, 3.8) is 0 Å². The first-order valence-corrected chi connectivity index (χ1v) is 4.01. The number of aryl methyl sites for hydroxylation is 1. The SMILES string of the molecule is CCn1ncnc1CC(N)CO. The molecule has 68 valence electrons. The number of rotatable bonds is 4. The van der Waals surface area contributed by atoms with E-state index in [0.29, 0.717) is 6.42 Å². The van der Waals surface area contributed by atoms with Crippen LogP contribution in [-0.4, -0.2) is 32.5 Å². The molecule has 0 bridgehead atoms. The zero-order chi connectivity index (χ0) is 8.97. The number of aliphatic hydroxyl groups is 1. The van der Waals surface area contributed by atoms with Crippen LogP contribution in [0, 0.1) is 0 Å². The maximum atomic E-state index is 8.71. The topological polar surface area (TPSA) is 77.0 Å². The van der Waals surface area contributed by atoms with Crippen LogP contribution in [0.25, 0.3) is 0 Å². The Morgan fingerprint density at radius 1 is 1.75 bits per heavy atom. The third-order valence-corrected chi connectivity index (χ3v) is 1.67. The first-order valence-electron chi connectivity index (χ1n) is 4.01. The first kappa shape index (κ1) is 9.15. The van der Waals surface area contributed by atoms with Crippen molar-refractivity contribution in [3.05, 3.63) is 12.2 Å². The van der Waals surface area contributed by atoms with Crippen LogP contribution in [0.1, 0.15) is 12.7 Å². The van der Waals surface area contributed by atoms with Gasteiger partial charge in [-0.2, -0.15) is 5.10 Å². The first-order chi connectivity index (χ1) is 5.77. The average Bonchev–Trinajstić information content (AvgIpc) is 2.51. The number of hydrogen-bond donors (Lipinski definition) is 2. The van der Waals surface area contributed by atoms with Crippen LogP contribution in [0.4, 0.5) is 0 Å². The molecule has 0 spiro atoms. The van der Waals surface area contributed by atoms with Gasteiger partial charge in [0.05, 0.1) is 6.61 Å². The van der Waals surface area contributed by atoms with E-state index >= 15 is 0 Å². The highest BCUT2D eigenvalue weighted by molar-refractivity contribution is 4.88. The van der Waals surface area contributed by atoms with Crippen molar-refractivity contribution in [2.45, 2.75) is 25.9 Å². The van der Waals surface area contributed by atoms with Gasteiger partial charge in [-0.1, -0.05) is 0 Å². The molecule has 5 nitrogen and oxygen atoms in total. The normalized spacial score (nSPS) is 13.2. The zero-order valence-corrected chi connectivity index (χ0v) is 7.14. The summed E-state index contributed by atoms with van der Waals surface area (Å²) in [6, 6.07) is -0.237. The van der Waals surface area contributed by atoms with Crippen molar-refractivity contribution in [1.82, 2.24) is 14.8 Å². The summed E-state index contributed by atoms with van der Waals surface area (Å²) in [5.74, 6) is 0.832. The Hall–Kier alpha value is -0.940. The monoisotopic (exact) mass is 170 g/mol. The number of hydrogen-bond acceptors (Lipinski definition) is 4. The van der Waals surface area contributed by atoms with E-state index in [0.717, 1.165) is 12.4 Å². The standard InChI is InChI=1S/C7H14N4O/c1-2-11-7(9-5-10-11)3-6(8)4-12/h5-6,12H,2-4,8H2,1H3. The van der Waals surface area contributed by atoms with Gasteiger partial charge < -0.3 is 10.8 Å². The smallest absolute Gasteiger partial charge is 0.138 e. The van der Waals surface area contributed by atoms with E-state index in [1.807, 2.05) is 6.92 Å². The third kappa shape index (κ3) is 2.02. The third-order valence-electron chi connectivity index (χ3n) is 1.67. The highest BCUT2D eigenvalue weighted by atomic mass is 16.3. The van der Waals surface area contributed by atoms with Crippen LogP contribution < -0.4 is 5.73 Å². The Morgan fingerprint density at radius 3 is 3.08 bits per heavy atom. The number of aromatic nitrogens is 3. The summed E-state index contributed by atoms with van der Waals surface area (Å²) in [5.41, 5.74) is 5.56. The predicted octanol–water partition coefficient (Wildman–Crippen LogP) is -0.840. The van der Waals surface area contributed by atoms with Gasteiger partial charge in [0, 0.05) is 19.0 Å². The predicted molar refractivity (Wildman–Crippen MR) is 44.5 cm³/mol. The Balaban J connectivity index is 2.61. The van der Waals surface area contributed by atoms with Crippen LogP contribution in [0.3, 0.4) is 0 Å². The minimum Gasteiger partial charge on any atom is -0.395 e.